The number of carbonyl (C=O) groups is 1. The van der Waals surface area contributed by atoms with Gasteiger partial charge in [0.2, 0.25) is 5.91 Å². The van der Waals surface area contributed by atoms with E-state index in [1.54, 1.807) is 6.08 Å². The quantitative estimate of drug-likeness (QED) is 0.0340. The second-order valence-corrected chi connectivity index (χ2v) is 14.1. The normalized spacial score (nSPS) is 14.7. The first-order valence-corrected chi connectivity index (χ1v) is 19.4. The Morgan fingerprint density at radius 3 is 1.64 bits per heavy atom. The Labute approximate surface area is 259 Å². The lowest BCUT2D eigenvalue weighted by Gasteiger charge is -2.23. The van der Waals surface area contributed by atoms with Gasteiger partial charge in [-0.3, -0.25) is 9.36 Å². The molecule has 5 N–H and O–H groups in total. The maximum atomic E-state index is 12.6. The minimum absolute atomic E-state index is 0.0328. The molecule has 1 amide bonds. The summed E-state index contributed by atoms with van der Waals surface area (Å²) in [7, 11) is -3.85. The van der Waals surface area contributed by atoms with E-state index in [9.17, 15) is 19.4 Å². The van der Waals surface area contributed by atoms with Crippen LogP contribution in [0.5, 0.6) is 0 Å². The molecule has 0 saturated carbocycles. The second kappa shape index (κ2) is 30.3. The molecule has 0 aromatic rings. The molecule has 0 bridgehead atoms. The van der Waals surface area contributed by atoms with E-state index in [4.69, 9.17) is 10.3 Å². The molecule has 0 aliphatic heterocycles. The van der Waals surface area contributed by atoms with E-state index in [1.807, 2.05) is 6.08 Å². The number of nitrogens with one attached hydrogen (secondary N) is 1. The third kappa shape index (κ3) is 28.1. The summed E-state index contributed by atoms with van der Waals surface area (Å²) in [6.07, 6.45) is 31.3. The lowest BCUT2D eigenvalue weighted by atomic mass is 10.0. The number of aliphatic hydroxyl groups is 1. The predicted molar refractivity (Wildman–Crippen MR) is 179 cm³/mol. The number of rotatable bonds is 32. The molecule has 0 aromatic heterocycles. The maximum Gasteiger partial charge on any atom is 0.329 e. The number of unbranched alkanes of at least 4 members (excludes halogenated alkanes) is 21. The number of nitrogens with two attached hydrogens (primary N) is 1. The van der Waals surface area contributed by atoms with E-state index >= 15 is 0 Å². The standard InChI is InChI=1S/C34H69N2O5P/c1-3-5-7-9-11-13-15-16-18-19-21-23-25-27-33(37)32(31-41-42(39,40)30-29-35)36-34(38)28-26-24-22-20-17-14-12-10-8-6-4-2/h25,27,32-33,37H,3-24,26,28-31,35H2,1-2H3,(H,36,38)(H,39,40)/b27-25+/t32-,33+/m0/s1. The Hall–Kier alpha value is -0.720. The Balaban J connectivity index is 4.29. The van der Waals surface area contributed by atoms with Crippen LogP contribution in [-0.4, -0.2) is 47.4 Å². The number of carbonyl (C=O) groups excluding carboxylic acids is 1. The van der Waals surface area contributed by atoms with Gasteiger partial charge in [-0.2, -0.15) is 0 Å². The van der Waals surface area contributed by atoms with Gasteiger partial charge in [0.05, 0.1) is 24.9 Å². The largest absolute Gasteiger partial charge is 0.387 e. The van der Waals surface area contributed by atoms with E-state index in [0.29, 0.717) is 6.42 Å². The van der Waals surface area contributed by atoms with Gasteiger partial charge in [-0.15, -0.1) is 0 Å². The summed E-state index contributed by atoms with van der Waals surface area (Å²) in [5.41, 5.74) is 5.41. The van der Waals surface area contributed by atoms with Gasteiger partial charge in [-0.05, 0) is 19.3 Å². The summed E-state index contributed by atoms with van der Waals surface area (Å²) in [5.74, 6) is -0.163. The van der Waals surface area contributed by atoms with E-state index in [0.717, 1.165) is 32.1 Å². The van der Waals surface area contributed by atoms with Crippen LogP contribution in [0.3, 0.4) is 0 Å². The molecule has 3 atom stereocenters. The summed E-state index contributed by atoms with van der Waals surface area (Å²) in [6, 6.07) is -0.781. The fraction of sp³-hybridized carbons (Fsp3) is 0.912. The van der Waals surface area contributed by atoms with Crippen LogP contribution < -0.4 is 11.1 Å². The molecule has 0 aliphatic rings. The van der Waals surface area contributed by atoms with Crippen molar-refractivity contribution in [2.24, 2.45) is 5.73 Å². The molecule has 0 saturated heterocycles. The summed E-state index contributed by atoms with van der Waals surface area (Å²) in [6.45, 7) is 4.29. The van der Waals surface area contributed by atoms with Gasteiger partial charge in [0.1, 0.15) is 0 Å². The van der Waals surface area contributed by atoms with E-state index in [2.05, 4.69) is 19.2 Å². The van der Waals surface area contributed by atoms with Crippen molar-refractivity contribution in [3.63, 3.8) is 0 Å². The first-order valence-electron chi connectivity index (χ1n) is 17.7. The SMILES string of the molecule is CCCCCCCCCCCCC/C=C/[C@@H](O)[C@H](COP(=O)(O)CCN)NC(=O)CCCCCCCCCCCCC. The van der Waals surface area contributed by atoms with Gasteiger partial charge in [-0.1, -0.05) is 154 Å². The summed E-state index contributed by atoms with van der Waals surface area (Å²) >= 11 is 0. The fourth-order valence-corrected chi connectivity index (χ4v) is 6.02. The number of amides is 1. The second-order valence-electron chi connectivity index (χ2n) is 12.1. The Morgan fingerprint density at radius 1 is 0.762 bits per heavy atom. The molecular formula is C34H69N2O5P. The lowest BCUT2D eigenvalue weighted by molar-refractivity contribution is -0.122. The highest BCUT2D eigenvalue weighted by molar-refractivity contribution is 7.52. The Bertz CT molecular complexity index is 676. The molecule has 8 heteroatoms. The van der Waals surface area contributed by atoms with Crippen LogP contribution in [0, 0.1) is 0 Å². The van der Waals surface area contributed by atoms with Crippen molar-refractivity contribution in [1.29, 1.82) is 0 Å². The molecule has 0 radical (unpaired) electrons. The first kappa shape index (κ1) is 41.3. The molecule has 0 rings (SSSR count). The Morgan fingerprint density at radius 2 is 1.19 bits per heavy atom. The van der Waals surface area contributed by atoms with Crippen LogP contribution in [0.15, 0.2) is 12.2 Å². The molecule has 0 fully saturated rings. The van der Waals surface area contributed by atoms with Gasteiger partial charge in [0.15, 0.2) is 0 Å². The third-order valence-corrected chi connectivity index (χ3v) is 9.32. The average molecular weight is 617 g/mol. The van der Waals surface area contributed by atoms with Crippen molar-refractivity contribution in [2.75, 3.05) is 19.3 Å². The minimum Gasteiger partial charge on any atom is -0.387 e. The van der Waals surface area contributed by atoms with Crippen molar-refractivity contribution in [3.8, 4) is 0 Å². The van der Waals surface area contributed by atoms with Gasteiger partial charge < -0.3 is 25.6 Å². The molecule has 1 unspecified atom stereocenters. The van der Waals surface area contributed by atoms with Gasteiger partial charge in [0.25, 0.3) is 0 Å². The van der Waals surface area contributed by atoms with Crippen LogP contribution in [0.25, 0.3) is 0 Å². The zero-order valence-corrected chi connectivity index (χ0v) is 28.4. The topological polar surface area (TPSA) is 122 Å². The number of hydrogen-bond donors (Lipinski definition) is 4. The zero-order valence-electron chi connectivity index (χ0n) is 27.5. The van der Waals surface area contributed by atoms with Crippen LogP contribution in [0.4, 0.5) is 0 Å². The average Bonchev–Trinajstić information content (AvgIpc) is 2.96. The van der Waals surface area contributed by atoms with E-state index < -0.39 is 19.7 Å². The van der Waals surface area contributed by atoms with Crippen LogP contribution in [-0.2, 0) is 13.9 Å². The monoisotopic (exact) mass is 616 g/mol. The summed E-state index contributed by atoms with van der Waals surface area (Å²) in [5, 5.41) is 13.6. The molecular weight excluding hydrogens is 547 g/mol. The highest BCUT2D eigenvalue weighted by atomic mass is 31.2. The number of aliphatic hydroxyl groups excluding tert-OH is 1. The first-order chi connectivity index (χ1) is 20.4. The molecule has 0 spiro atoms. The molecule has 7 nitrogen and oxygen atoms in total. The van der Waals surface area contributed by atoms with Crippen molar-refractivity contribution < 1.29 is 23.9 Å². The van der Waals surface area contributed by atoms with Gasteiger partial charge >= 0.3 is 7.60 Å². The predicted octanol–water partition coefficient (Wildman–Crippen LogP) is 8.95. The van der Waals surface area contributed by atoms with E-state index in [-0.39, 0.29) is 25.2 Å². The van der Waals surface area contributed by atoms with Crippen LogP contribution >= 0.6 is 7.60 Å². The molecule has 0 aliphatic carbocycles. The third-order valence-electron chi connectivity index (χ3n) is 7.94. The van der Waals surface area contributed by atoms with Crippen molar-refractivity contribution >= 4 is 13.5 Å². The van der Waals surface area contributed by atoms with Crippen LogP contribution in [0.2, 0.25) is 0 Å². The summed E-state index contributed by atoms with van der Waals surface area (Å²) < 4.78 is 17.3. The van der Waals surface area contributed by atoms with Crippen LogP contribution in [0.1, 0.15) is 168 Å². The molecule has 250 valence electrons. The lowest BCUT2D eigenvalue weighted by Crippen LogP contribution is -2.45. The van der Waals surface area contributed by atoms with Crippen molar-refractivity contribution in [2.45, 2.75) is 180 Å². The summed E-state index contributed by atoms with van der Waals surface area (Å²) in [4.78, 5) is 22.5. The van der Waals surface area contributed by atoms with Gasteiger partial charge in [-0.25, -0.2) is 0 Å². The highest BCUT2D eigenvalue weighted by Crippen LogP contribution is 2.41. The number of allylic oxidation sites excluding steroid dienone is 1. The maximum absolute atomic E-state index is 12.6. The fourth-order valence-electron chi connectivity index (χ4n) is 5.17. The minimum atomic E-state index is -3.85. The smallest absolute Gasteiger partial charge is 0.329 e. The highest BCUT2D eigenvalue weighted by Gasteiger charge is 2.25. The molecule has 0 aromatic carbocycles. The molecule has 42 heavy (non-hydrogen) atoms. The number of hydrogen-bond acceptors (Lipinski definition) is 5. The zero-order chi connectivity index (χ0) is 31.2. The van der Waals surface area contributed by atoms with Crippen molar-refractivity contribution in [3.05, 3.63) is 12.2 Å². The Kier molecular flexibility index (Phi) is 29.8. The van der Waals surface area contributed by atoms with Gasteiger partial charge in [0, 0.05) is 13.0 Å². The van der Waals surface area contributed by atoms with E-state index in [1.165, 1.54) is 116 Å². The van der Waals surface area contributed by atoms with Crippen molar-refractivity contribution in [1.82, 2.24) is 5.32 Å². The molecule has 0 heterocycles.